The van der Waals surface area contributed by atoms with Gasteiger partial charge in [0.2, 0.25) is 0 Å². The van der Waals surface area contributed by atoms with Crippen molar-refractivity contribution < 1.29 is 14.7 Å². The highest BCUT2D eigenvalue weighted by atomic mass is 16.4. The standard InChI is InChI=1S/C31H39N3O3/c1-3-4-5-6-10-20-32-31(37)34(2)27-15-11-14-26(22-27)28-18-16-24(17-19-30(35)36)21-29(28)33-23-25-12-8-7-9-13-25/h7-9,11-16,18,21-22,33H,3-6,10,17,19-20,23H2,1-2H3,(H,32,37)(H,35,36). The number of hydrogen-bond acceptors (Lipinski definition) is 3. The second-order valence-electron chi connectivity index (χ2n) is 9.37. The summed E-state index contributed by atoms with van der Waals surface area (Å²) in [5.41, 5.74) is 5.85. The molecule has 0 aromatic heterocycles. The molecule has 3 aromatic rings. The lowest BCUT2D eigenvalue weighted by molar-refractivity contribution is -0.136. The Morgan fingerprint density at radius 3 is 2.41 bits per heavy atom. The molecule has 0 radical (unpaired) electrons. The van der Waals surface area contributed by atoms with Gasteiger partial charge in [-0.3, -0.25) is 9.69 Å². The van der Waals surface area contributed by atoms with Crippen LogP contribution in [0, 0.1) is 0 Å². The molecular weight excluding hydrogens is 462 g/mol. The van der Waals surface area contributed by atoms with E-state index < -0.39 is 5.97 Å². The van der Waals surface area contributed by atoms with Gasteiger partial charge in [0, 0.05) is 43.5 Å². The lowest BCUT2D eigenvalue weighted by Gasteiger charge is -2.20. The third-order valence-corrected chi connectivity index (χ3v) is 6.44. The normalized spacial score (nSPS) is 10.6. The number of benzene rings is 3. The number of unbranched alkanes of at least 4 members (excludes halogenated alkanes) is 4. The Bertz CT molecular complexity index is 1150. The van der Waals surface area contributed by atoms with Crippen LogP contribution in [0.15, 0.2) is 72.8 Å². The van der Waals surface area contributed by atoms with Crippen molar-refractivity contribution in [3.63, 3.8) is 0 Å². The minimum Gasteiger partial charge on any atom is -0.481 e. The van der Waals surface area contributed by atoms with Gasteiger partial charge in [0.05, 0.1) is 0 Å². The molecule has 0 atom stereocenters. The van der Waals surface area contributed by atoms with Crippen molar-refractivity contribution in [2.24, 2.45) is 0 Å². The van der Waals surface area contributed by atoms with Crippen LogP contribution in [0.3, 0.4) is 0 Å². The Morgan fingerprint density at radius 2 is 1.65 bits per heavy atom. The highest BCUT2D eigenvalue weighted by molar-refractivity contribution is 5.92. The van der Waals surface area contributed by atoms with Gasteiger partial charge >= 0.3 is 12.0 Å². The van der Waals surface area contributed by atoms with Crippen molar-refractivity contribution in [2.45, 2.75) is 58.4 Å². The van der Waals surface area contributed by atoms with Gasteiger partial charge in [0.15, 0.2) is 0 Å². The van der Waals surface area contributed by atoms with Gasteiger partial charge in [-0.05, 0) is 47.7 Å². The van der Waals surface area contributed by atoms with E-state index in [1.165, 1.54) is 19.3 Å². The maximum absolute atomic E-state index is 12.7. The van der Waals surface area contributed by atoms with E-state index in [4.69, 9.17) is 5.11 Å². The number of rotatable bonds is 14. The quantitative estimate of drug-likeness (QED) is 0.206. The highest BCUT2D eigenvalue weighted by Gasteiger charge is 2.13. The number of anilines is 2. The molecule has 0 spiro atoms. The third-order valence-electron chi connectivity index (χ3n) is 6.44. The number of amides is 2. The molecular formula is C31H39N3O3. The number of nitrogens with one attached hydrogen (secondary N) is 2. The van der Waals surface area contributed by atoms with Gasteiger partial charge < -0.3 is 15.7 Å². The predicted molar refractivity (Wildman–Crippen MR) is 152 cm³/mol. The number of aryl methyl sites for hydroxylation is 1. The van der Waals surface area contributed by atoms with Crippen LogP contribution in [0.2, 0.25) is 0 Å². The molecule has 0 bridgehead atoms. The Balaban J connectivity index is 1.76. The molecule has 0 saturated heterocycles. The van der Waals surface area contributed by atoms with E-state index in [0.717, 1.165) is 46.5 Å². The molecule has 2 amide bonds. The summed E-state index contributed by atoms with van der Waals surface area (Å²) in [6.45, 7) is 3.52. The number of nitrogens with zero attached hydrogens (tertiary/aromatic N) is 1. The number of carboxylic acids is 1. The summed E-state index contributed by atoms with van der Waals surface area (Å²) in [5, 5.41) is 15.7. The summed E-state index contributed by atoms with van der Waals surface area (Å²) < 4.78 is 0. The van der Waals surface area contributed by atoms with Crippen molar-refractivity contribution in [3.8, 4) is 11.1 Å². The molecule has 0 saturated carbocycles. The summed E-state index contributed by atoms with van der Waals surface area (Å²) >= 11 is 0. The lowest BCUT2D eigenvalue weighted by Crippen LogP contribution is -2.37. The van der Waals surface area contributed by atoms with Crippen LogP contribution >= 0.6 is 0 Å². The van der Waals surface area contributed by atoms with E-state index in [9.17, 15) is 9.59 Å². The maximum Gasteiger partial charge on any atom is 0.321 e. The van der Waals surface area contributed by atoms with Gasteiger partial charge in [-0.25, -0.2) is 4.79 Å². The number of carbonyl (C=O) groups excluding carboxylic acids is 1. The molecule has 3 N–H and O–H groups in total. The van der Waals surface area contributed by atoms with Crippen molar-refractivity contribution in [3.05, 3.63) is 83.9 Å². The molecule has 0 aliphatic rings. The van der Waals surface area contributed by atoms with E-state index in [1.54, 1.807) is 11.9 Å². The number of hydrogen-bond donors (Lipinski definition) is 3. The summed E-state index contributed by atoms with van der Waals surface area (Å²) in [6.07, 6.45) is 6.34. The smallest absolute Gasteiger partial charge is 0.321 e. The van der Waals surface area contributed by atoms with Crippen LogP contribution < -0.4 is 15.5 Å². The fraction of sp³-hybridized carbons (Fsp3) is 0.355. The lowest BCUT2D eigenvalue weighted by atomic mass is 9.98. The zero-order chi connectivity index (χ0) is 26.5. The van der Waals surface area contributed by atoms with E-state index in [-0.39, 0.29) is 12.5 Å². The van der Waals surface area contributed by atoms with Crippen molar-refractivity contribution in [1.29, 1.82) is 0 Å². The SMILES string of the molecule is CCCCCCCNC(=O)N(C)c1cccc(-c2ccc(CCC(=O)O)cc2NCc2ccccc2)c1. The van der Waals surface area contributed by atoms with Crippen LogP contribution in [-0.4, -0.2) is 30.7 Å². The molecule has 196 valence electrons. The van der Waals surface area contributed by atoms with E-state index in [1.807, 2.05) is 60.7 Å². The minimum absolute atomic E-state index is 0.0888. The zero-order valence-corrected chi connectivity index (χ0v) is 22.0. The zero-order valence-electron chi connectivity index (χ0n) is 22.0. The second kappa shape index (κ2) is 14.7. The highest BCUT2D eigenvalue weighted by Crippen LogP contribution is 2.32. The van der Waals surface area contributed by atoms with Gasteiger partial charge in [0.1, 0.15) is 0 Å². The first-order chi connectivity index (χ1) is 18.0. The van der Waals surface area contributed by atoms with Gasteiger partial charge in [-0.1, -0.05) is 87.2 Å². The topological polar surface area (TPSA) is 81.7 Å². The van der Waals surface area contributed by atoms with Crippen molar-refractivity contribution >= 4 is 23.4 Å². The Hall–Kier alpha value is -3.80. The number of aliphatic carboxylic acids is 1. The predicted octanol–water partition coefficient (Wildman–Crippen LogP) is 7.10. The molecule has 0 heterocycles. The maximum atomic E-state index is 12.7. The summed E-state index contributed by atoms with van der Waals surface area (Å²) in [7, 11) is 1.79. The first-order valence-electron chi connectivity index (χ1n) is 13.2. The Kier molecular flexibility index (Phi) is 11.0. The van der Waals surface area contributed by atoms with E-state index in [0.29, 0.717) is 19.5 Å². The fourth-order valence-corrected chi connectivity index (χ4v) is 4.23. The minimum atomic E-state index is -0.808. The van der Waals surface area contributed by atoms with Crippen molar-refractivity contribution in [1.82, 2.24) is 5.32 Å². The van der Waals surface area contributed by atoms with Crippen LogP contribution in [0.5, 0.6) is 0 Å². The molecule has 0 fully saturated rings. The third kappa shape index (κ3) is 8.98. The first kappa shape index (κ1) is 27.8. The van der Waals surface area contributed by atoms with Crippen LogP contribution in [-0.2, 0) is 17.8 Å². The number of carbonyl (C=O) groups is 2. The Labute approximate surface area is 220 Å². The number of carboxylic acid groups (broad SMARTS) is 1. The molecule has 0 aliphatic heterocycles. The number of urea groups is 1. The molecule has 3 rings (SSSR count). The molecule has 3 aromatic carbocycles. The summed E-state index contributed by atoms with van der Waals surface area (Å²) in [6, 6.07) is 24.0. The van der Waals surface area contributed by atoms with Crippen molar-refractivity contribution in [2.75, 3.05) is 23.8 Å². The fourth-order valence-electron chi connectivity index (χ4n) is 4.23. The first-order valence-corrected chi connectivity index (χ1v) is 13.2. The van der Waals surface area contributed by atoms with Gasteiger partial charge in [-0.2, -0.15) is 0 Å². The molecule has 37 heavy (non-hydrogen) atoms. The molecule has 0 aliphatic carbocycles. The van der Waals surface area contributed by atoms with E-state index >= 15 is 0 Å². The monoisotopic (exact) mass is 501 g/mol. The summed E-state index contributed by atoms with van der Waals surface area (Å²) in [5.74, 6) is -0.808. The molecule has 0 unspecified atom stereocenters. The van der Waals surface area contributed by atoms with Crippen LogP contribution in [0.25, 0.3) is 11.1 Å². The largest absolute Gasteiger partial charge is 0.481 e. The average molecular weight is 502 g/mol. The van der Waals surface area contributed by atoms with Gasteiger partial charge in [-0.15, -0.1) is 0 Å². The second-order valence-corrected chi connectivity index (χ2v) is 9.37. The average Bonchev–Trinajstić information content (AvgIpc) is 2.92. The van der Waals surface area contributed by atoms with Crippen LogP contribution in [0.1, 0.15) is 56.6 Å². The summed E-state index contributed by atoms with van der Waals surface area (Å²) in [4.78, 5) is 25.5. The van der Waals surface area contributed by atoms with Gasteiger partial charge in [0.25, 0.3) is 0 Å². The van der Waals surface area contributed by atoms with Crippen LogP contribution in [0.4, 0.5) is 16.2 Å². The Morgan fingerprint density at radius 1 is 0.865 bits per heavy atom. The molecule has 6 nitrogen and oxygen atoms in total. The van der Waals surface area contributed by atoms with E-state index in [2.05, 4.69) is 29.7 Å². The molecule has 6 heteroatoms.